The molecular formula is C69H126O6. The third-order valence-corrected chi connectivity index (χ3v) is 14.8. The van der Waals surface area contributed by atoms with Gasteiger partial charge in [0.25, 0.3) is 0 Å². The van der Waals surface area contributed by atoms with Gasteiger partial charge in [0, 0.05) is 19.3 Å². The van der Waals surface area contributed by atoms with E-state index in [2.05, 4.69) is 69.4 Å². The van der Waals surface area contributed by atoms with Gasteiger partial charge in [0.2, 0.25) is 0 Å². The largest absolute Gasteiger partial charge is 0.462 e. The van der Waals surface area contributed by atoms with Crippen molar-refractivity contribution in [2.24, 2.45) is 0 Å². The van der Waals surface area contributed by atoms with E-state index < -0.39 is 6.10 Å². The van der Waals surface area contributed by atoms with Crippen LogP contribution in [-0.2, 0) is 28.6 Å². The van der Waals surface area contributed by atoms with Crippen molar-refractivity contribution >= 4 is 17.9 Å². The number of hydrogen-bond donors (Lipinski definition) is 0. The van der Waals surface area contributed by atoms with Crippen molar-refractivity contribution in [3.63, 3.8) is 0 Å². The van der Waals surface area contributed by atoms with Gasteiger partial charge in [0.15, 0.2) is 6.10 Å². The molecule has 0 heterocycles. The Morgan fingerprint density at radius 1 is 0.267 bits per heavy atom. The van der Waals surface area contributed by atoms with Gasteiger partial charge in [-0.15, -0.1) is 0 Å². The molecule has 0 saturated carbocycles. The summed E-state index contributed by atoms with van der Waals surface area (Å²) in [5.41, 5.74) is 0. The highest BCUT2D eigenvalue weighted by molar-refractivity contribution is 5.71. The smallest absolute Gasteiger partial charge is 0.306 e. The van der Waals surface area contributed by atoms with E-state index in [9.17, 15) is 14.4 Å². The van der Waals surface area contributed by atoms with Gasteiger partial charge in [-0.2, -0.15) is 0 Å². The maximum Gasteiger partial charge on any atom is 0.306 e. The number of ether oxygens (including phenoxy) is 3. The quantitative estimate of drug-likeness (QED) is 0.0261. The summed E-state index contributed by atoms with van der Waals surface area (Å²) < 4.78 is 17.0. The molecule has 438 valence electrons. The molecule has 0 atom stereocenters. The molecule has 0 aromatic heterocycles. The fraction of sp³-hybridized carbons (Fsp3) is 0.841. The molecule has 0 aromatic rings. The number of rotatable bonds is 61. The van der Waals surface area contributed by atoms with Crippen LogP contribution in [0.15, 0.2) is 48.6 Å². The Morgan fingerprint density at radius 3 is 0.773 bits per heavy atom. The predicted octanol–water partition coefficient (Wildman–Crippen LogP) is 22.6. The Bertz CT molecular complexity index is 1230. The lowest BCUT2D eigenvalue weighted by Crippen LogP contribution is -2.30. The summed E-state index contributed by atoms with van der Waals surface area (Å²) in [6, 6.07) is 0. The minimum Gasteiger partial charge on any atom is -0.462 e. The van der Waals surface area contributed by atoms with Gasteiger partial charge < -0.3 is 14.2 Å². The minimum atomic E-state index is -0.781. The Kier molecular flexibility index (Phi) is 61.7. The molecule has 0 rings (SSSR count). The molecule has 0 fully saturated rings. The molecule has 0 spiro atoms. The molecular weight excluding hydrogens is 925 g/mol. The number of allylic oxidation sites excluding steroid dienone is 8. The lowest BCUT2D eigenvalue weighted by Gasteiger charge is -2.18. The topological polar surface area (TPSA) is 78.9 Å². The summed E-state index contributed by atoms with van der Waals surface area (Å²) in [4.78, 5) is 38.4. The lowest BCUT2D eigenvalue weighted by molar-refractivity contribution is -0.167. The maximum absolute atomic E-state index is 12.9. The summed E-state index contributed by atoms with van der Waals surface area (Å²) in [6.07, 6.45) is 79.7. The monoisotopic (exact) mass is 1050 g/mol. The molecule has 75 heavy (non-hydrogen) atoms. The van der Waals surface area contributed by atoms with Crippen molar-refractivity contribution in [3.8, 4) is 0 Å². The highest BCUT2D eigenvalue weighted by Crippen LogP contribution is 2.17. The third kappa shape index (κ3) is 62.1. The van der Waals surface area contributed by atoms with Crippen LogP contribution in [0, 0.1) is 0 Å². The zero-order valence-electron chi connectivity index (χ0n) is 50.3. The van der Waals surface area contributed by atoms with Gasteiger partial charge in [-0.1, -0.05) is 281 Å². The second-order valence-corrected chi connectivity index (χ2v) is 22.4. The van der Waals surface area contributed by atoms with E-state index in [0.29, 0.717) is 19.3 Å². The standard InChI is InChI=1S/C69H126O6/c1-4-7-10-13-16-19-22-25-28-30-32-34-36-38-41-43-46-49-52-55-58-61-67(70)73-64-66(75-69(72)63-60-57-54-51-48-45-40-27-24-21-18-15-12-9-6-3)65-74-68(71)62-59-56-53-50-47-44-42-39-37-35-33-31-29-26-23-20-17-14-11-8-5-2/h18,21,25-29,40,66H,4-17,19-20,22-24,30-39,41-65H2,1-3H3/b21-18-,28-25-,29-26-,40-27-. The lowest BCUT2D eigenvalue weighted by atomic mass is 10.0. The highest BCUT2D eigenvalue weighted by Gasteiger charge is 2.19. The first-order valence-electron chi connectivity index (χ1n) is 33.1. The predicted molar refractivity (Wildman–Crippen MR) is 325 cm³/mol. The van der Waals surface area contributed by atoms with Crippen molar-refractivity contribution in [2.75, 3.05) is 13.2 Å². The zero-order chi connectivity index (χ0) is 54.3. The normalized spacial score (nSPS) is 11.9. The Morgan fingerprint density at radius 2 is 0.480 bits per heavy atom. The average molecular weight is 1050 g/mol. The second-order valence-electron chi connectivity index (χ2n) is 22.4. The Balaban J connectivity index is 4.31. The van der Waals surface area contributed by atoms with Crippen LogP contribution in [0.1, 0.15) is 355 Å². The second kappa shape index (κ2) is 63.9. The van der Waals surface area contributed by atoms with E-state index in [0.717, 1.165) is 83.5 Å². The van der Waals surface area contributed by atoms with E-state index in [1.807, 2.05) is 0 Å². The summed E-state index contributed by atoms with van der Waals surface area (Å²) >= 11 is 0. The van der Waals surface area contributed by atoms with Crippen LogP contribution in [-0.4, -0.2) is 37.2 Å². The van der Waals surface area contributed by atoms with Crippen molar-refractivity contribution in [3.05, 3.63) is 48.6 Å². The van der Waals surface area contributed by atoms with Crippen LogP contribution in [0.3, 0.4) is 0 Å². The molecule has 0 aliphatic rings. The van der Waals surface area contributed by atoms with E-state index in [4.69, 9.17) is 14.2 Å². The first-order valence-corrected chi connectivity index (χ1v) is 33.1. The van der Waals surface area contributed by atoms with E-state index in [1.54, 1.807) is 0 Å². The SMILES string of the molecule is CCCCC/C=C\C/C=C\CCCCCCCC(=O)OC(COC(=O)CCCCCCCCCCCCC/C=C\CCCCCCCC)COC(=O)CCCCCCCCCCCCC/C=C\CCCCCCCC. The Labute approximate surface area is 467 Å². The van der Waals surface area contributed by atoms with Gasteiger partial charge in [-0.05, 0) is 103 Å². The molecule has 0 aliphatic carbocycles. The van der Waals surface area contributed by atoms with E-state index >= 15 is 0 Å². The van der Waals surface area contributed by atoms with Crippen LogP contribution in [0.2, 0.25) is 0 Å². The molecule has 0 bridgehead atoms. The van der Waals surface area contributed by atoms with Crippen molar-refractivity contribution in [1.29, 1.82) is 0 Å². The van der Waals surface area contributed by atoms with Crippen LogP contribution >= 0.6 is 0 Å². The van der Waals surface area contributed by atoms with Crippen molar-refractivity contribution in [1.82, 2.24) is 0 Å². The summed E-state index contributed by atoms with van der Waals surface area (Å²) in [6.45, 7) is 6.65. The highest BCUT2D eigenvalue weighted by atomic mass is 16.6. The molecule has 0 aromatic carbocycles. The molecule has 6 heteroatoms. The van der Waals surface area contributed by atoms with E-state index in [1.165, 1.54) is 231 Å². The minimum absolute atomic E-state index is 0.0767. The molecule has 0 amide bonds. The number of hydrogen-bond acceptors (Lipinski definition) is 6. The summed E-state index contributed by atoms with van der Waals surface area (Å²) in [7, 11) is 0. The van der Waals surface area contributed by atoms with Crippen LogP contribution < -0.4 is 0 Å². The van der Waals surface area contributed by atoms with Gasteiger partial charge in [-0.25, -0.2) is 0 Å². The zero-order valence-corrected chi connectivity index (χ0v) is 50.3. The summed E-state index contributed by atoms with van der Waals surface area (Å²) in [5, 5.41) is 0. The molecule has 0 aliphatic heterocycles. The van der Waals surface area contributed by atoms with Gasteiger partial charge >= 0.3 is 17.9 Å². The molecule has 0 unspecified atom stereocenters. The Hall–Kier alpha value is -2.63. The van der Waals surface area contributed by atoms with Crippen LogP contribution in [0.25, 0.3) is 0 Å². The number of carbonyl (C=O) groups is 3. The van der Waals surface area contributed by atoms with Crippen molar-refractivity contribution < 1.29 is 28.6 Å². The molecule has 0 N–H and O–H groups in total. The number of carbonyl (C=O) groups excluding carboxylic acids is 3. The average Bonchev–Trinajstić information content (AvgIpc) is 3.41. The first-order chi connectivity index (χ1) is 37.0. The molecule has 0 radical (unpaired) electrons. The van der Waals surface area contributed by atoms with Crippen LogP contribution in [0.4, 0.5) is 0 Å². The fourth-order valence-corrected chi connectivity index (χ4v) is 9.76. The number of unbranched alkanes of at least 4 members (excludes halogenated alkanes) is 42. The van der Waals surface area contributed by atoms with Gasteiger partial charge in [0.1, 0.15) is 13.2 Å². The molecule has 6 nitrogen and oxygen atoms in total. The van der Waals surface area contributed by atoms with Crippen molar-refractivity contribution in [2.45, 2.75) is 361 Å². The van der Waals surface area contributed by atoms with E-state index in [-0.39, 0.29) is 31.1 Å². The summed E-state index contributed by atoms with van der Waals surface area (Å²) in [5.74, 6) is -0.871. The first kappa shape index (κ1) is 72.4. The van der Waals surface area contributed by atoms with Crippen LogP contribution in [0.5, 0.6) is 0 Å². The fourth-order valence-electron chi connectivity index (χ4n) is 9.76. The molecule has 0 saturated heterocycles. The third-order valence-electron chi connectivity index (χ3n) is 14.8. The maximum atomic E-state index is 12.9. The number of esters is 3. The van der Waals surface area contributed by atoms with Gasteiger partial charge in [0.05, 0.1) is 0 Å². The van der Waals surface area contributed by atoms with Gasteiger partial charge in [-0.3, -0.25) is 14.4 Å².